The molecule has 0 heterocycles. The van der Waals surface area contributed by atoms with E-state index in [1.807, 2.05) is 0 Å². The third kappa shape index (κ3) is 21.8. The lowest BCUT2D eigenvalue weighted by atomic mass is 9.91. The molecule has 0 aromatic heterocycles. The summed E-state index contributed by atoms with van der Waals surface area (Å²) in [5, 5.41) is 8.60. The Morgan fingerprint density at radius 2 is 0.929 bits per heavy atom. The Labute approximate surface area is 177 Å². The SMILES string of the molecule is CCCCCCCC(C)CCC(C)CCCCCCCCCCCCC(=O)O. The lowest BCUT2D eigenvalue weighted by Gasteiger charge is -2.15. The Kier molecular flexibility index (Phi) is 20.8. The lowest BCUT2D eigenvalue weighted by Crippen LogP contribution is -2.01. The Morgan fingerprint density at radius 1 is 0.571 bits per heavy atom. The zero-order chi connectivity index (χ0) is 20.9. The summed E-state index contributed by atoms with van der Waals surface area (Å²) >= 11 is 0. The van der Waals surface area contributed by atoms with Gasteiger partial charge in [-0.2, -0.15) is 0 Å². The Hall–Kier alpha value is -0.530. The molecule has 0 aromatic rings. The molecular formula is C26H52O2. The van der Waals surface area contributed by atoms with Crippen LogP contribution in [0.1, 0.15) is 149 Å². The molecule has 0 aromatic carbocycles. The number of carboxylic acid groups (broad SMARTS) is 1. The minimum Gasteiger partial charge on any atom is -0.481 e. The number of carbonyl (C=O) groups is 1. The molecule has 0 saturated heterocycles. The average molecular weight is 397 g/mol. The summed E-state index contributed by atoms with van der Waals surface area (Å²) in [7, 11) is 0. The molecule has 0 spiro atoms. The fraction of sp³-hybridized carbons (Fsp3) is 0.962. The zero-order valence-corrected chi connectivity index (χ0v) is 19.7. The predicted molar refractivity (Wildman–Crippen MR) is 124 cm³/mol. The molecule has 2 nitrogen and oxygen atoms in total. The van der Waals surface area contributed by atoms with Gasteiger partial charge >= 0.3 is 5.97 Å². The molecule has 2 atom stereocenters. The third-order valence-electron chi connectivity index (χ3n) is 6.29. The molecule has 0 saturated carbocycles. The van der Waals surface area contributed by atoms with Crippen LogP contribution in [0.15, 0.2) is 0 Å². The molecule has 2 heteroatoms. The second kappa shape index (κ2) is 21.2. The molecule has 0 amide bonds. The van der Waals surface area contributed by atoms with Crippen LogP contribution in [-0.2, 0) is 4.79 Å². The van der Waals surface area contributed by atoms with Gasteiger partial charge in [0.2, 0.25) is 0 Å². The number of unbranched alkanes of at least 4 members (excludes halogenated alkanes) is 13. The van der Waals surface area contributed by atoms with Gasteiger partial charge in [-0.15, -0.1) is 0 Å². The van der Waals surface area contributed by atoms with Crippen molar-refractivity contribution >= 4 is 5.97 Å². The van der Waals surface area contributed by atoms with Gasteiger partial charge in [-0.1, -0.05) is 136 Å². The Balaban J connectivity index is 3.28. The zero-order valence-electron chi connectivity index (χ0n) is 19.7. The van der Waals surface area contributed by atoms with Crippen molar-refractivity contribution in [3.63, 3.8) is 0 Å². The standard InChI is InChI=1S/C26H52O2/c1-4-5-6-13-16-19-24(2)22-23-25(3)20-17-14-11-9-7-8-10-12-15-18-21-26(27)28/h24-25H,4-23H2,1-3H3,(H,27,28). The number of hydrogen-bond acceptors (Lipinski definition) is 1. The molecule has 2 unspecified atom stereocenters. The molecule has 28 heavy (non-hydrogen) atoms. The molecule has 0 radical (unpaired) electrons. The quantitative estimate of drug-likeness (QED) is 0.185. The summed E-state index contributed by atoms with van der Waals surface area (Å²) in [6.07, 6.45) is 25.9. The van der Waals surface area contributed by atoms with Crippen LogP contribution in [0, 0.1) is 11.8 Å². The monoisotopic (exact) mass is 396 g/mol. The van der Waals surface area contributed by atoms with Gasteiger partial charge in [0.1, 0.15) is 0 Å². The Bertz CT molecular complexity index is 326. The van der Waals surface area contributed by atoms with E-state index in [0.717, 1.165) is 24.7 Å². The highest BCUT2D eigenvalue weighted by Crippen LogP contribution is 2.22. The van der Waals surface area contributed by atoms with E-state index in [2.05, 4.69) is 20.8 Å². The topological polar surface area (TPSA) is 37.3 Å². The molecule has 0 rings (SSSR count). The van der Waals surface area contributed by atoms with Crippen LogP contribution in [0.25, 0.3) is 0 Å². The first-order chi connectivity index (χ1) is 13.6. The summed E-state index contributed by atoms with van der Waals surface area (Å²) in [4.78, 5) is 10.4. The van der Waals surface area contributed by atoms with Crippen LogP contribution in [0.4, 0.5) is 0 Å². The molecule has 1 N–H and O–H groups in total. The van der Waals surface area contributed by atoms with Gasteiger partial charge in [-0.05, 0) is 18.3 Å². The first-order valence-electron chi connectivity index (χ1n) is 12.8. The molecule has 0 aliphatic heterocycles. The van der Waals surface area contributed by atoms with Gasteiger partial charge < -0.3 is 5.11 Å². The van der Waals surface area contributed by atoms with Crippen LogP contribution in [0.3, 0.4) is 0 Å². The van der Waals surface area contributed by atoms with Gasteiger partial charge in [0.05, 0.1) is 0 Å². The first kappa shape index (κ1) is 27.5. The number of rotatable bonds is 22. The maximum absolute atomic E-state index is 10.4. The van der Waals surface area contributed by atoms with E-state index in [1.165, 1.54) is 109 Å². The van der Waals surface area contributed by atoms with E-state index in [9.17, 15) is 4.79 Å². The number of hydrogen-bond donors (Lipinski definition) is 1. The van der Waals surface area contributed by atoms with E-state index in [0.29, 0.717) is 6.42 Å². The lowest BCUT2D eigenvalue weighted by molar-refractivity contribution is -0.137. The van der Waals surface area contributed by atoms with Crippen molar-refractivity contribution in [2.75, 3.05) is 0 Å². The molecule has 0 aliphatic rings. The highest BCUT2D eigenvalue weighted by Gasteiger charge is 2.07. The molecule has 0 bridgehead atoms. The van der Waals surface area contributed by atoms with Crippen molar-refractivity contribution in [1.29, 1.82) is 0 Å². The second-order valence-electron chi connectivity index (χ2n) is 9.46. The largest absolute Gasteiger partial charge is 0.481 e. The summed E-state index contributed by atoms with van der Waals surface area (Å²) in [5.74, 6) is 1.18. The van der Waals surface area contributed by atoms with Crippen LogP contribution in [0.5, 0.6) is 0 Å². The average Bonchev–Trinajstić information content (AvgIpc) is 2.66. The molecular weight excluding hydrogens is 344 g/mol. The van der Waals surface area contributed by atoms with Gasteiger partial charge in [-0.3, -0.25) is 4.79 Å². The minimum atomic E-state index is -0.651. The molecule has 0 aliphatic carbocycles. The fourth-order valence-corrected chi connectivity index (χ4v) is 4.14. The van der Waals surface area contributed by atoms with E-state index in [-0.39, 0.29) is 0 Å². The van der Waals surface area contributed by atoms with E-state index >= 15 is 0 Å². The fourth-order valence-electron chi connectivity index (χ4n) is 4.14. The maximum Gasteiger partial charge on any atom is 0.303 e. The molecule has 0 fully saturated rings. The predicted octanol–water partition coefficient (Wildman–Crippen LogP) is 9.17. The third-order valence-corrected chi connectivity index (χ3v) is 6.29. The summed E-state index contributed by atoms with van der Waals surface area (Å²) < 4.78 is 0. The summed E-state index contributed by atoms with van der Waals surface area (Å²) in [5.41, 5.74) is 0. The molecule has 168 valence electrons. The van der Waals surface area contributed by atoms with Crippen molar-refractivity contribution in [2.24, 2.45) is 11.8 Å². The maximum atomic E-state index is 10.4. The van der Waals surface area contributed by atoms with Gasteiger partial charge in [0.15, 0.2) is 0 Å². The minimum absolute atomic E-state index is 0.344. The van der Waals surface area contributed by atoms with Gasteiger partial charge in [0.25, 0.3) is 0 Å². The van der Waals surface area contributed by atoms with Gasteiger partial charge in [-0.25, -0.2) is 0 Å². The van der Waals surface area contributed by atoms with Crippen LogP contribution in [0.2, 0.25) is 0 Å². The van der Waals surface area contributed by atoms with E-state index < -0.39 is 5.97 Å². The summed E-state index contributed by atoms with van der Waals surface area (Å²) in [6.45, 7) is 7.21. The van der Waals surface area contributed by atoms with Crippen LogP contribution < -0.4 is 0 Å². The van der Waals surface area contributed by atoms with E-state index in [1.54, 1.807) is 0 Å². The number of aliphatic carboxylic acids is 1. The van der Waals surface area contributed by atoms with Crippen molar-refractivity contribution in [3.05, 3.63) is 0 Å². The van der Waals surface area contributed by atoms with Crippen molar-refractivity contribution < 1.29 is 9.90 Å². The Morgan fingerprint density at radius 3 is 1.32 bits per heavy atom. The van der Waals surface area contributed by atoms with Crippen molar-refractivity contribution in [2.45, 2.75) is 149 Å². The second-order valence-corrected chi connectivity index (χ2v) is 9.46. The van der Waals surface area contributed by atoms with Crippen molar-refractivity contribution in [3.8, 4) is 0 Å². The van der Waals surface area contributed by atoms with Crippen molar-refractivity contribution in [1.82, 2.24) is 0 Å². The number of carboxylic acids is 1. The van der Waals surface area contributed by atoms with Crippen LogP contribution in [-0.4, -0.2) is 11.1 Å². The highest BCUT2D eigenvalue weighted by atomic mass is 16.4. The van der Waals surface area contributed by atoms with E-state index in [4.69, 9.17) is 5.11 Å². The normalized spacial score (nSPS) is 13.5. The first-order valence-corrected chi connectivity index (χ1v) is 12.8. The highest BCUT2D eigenvalue weighted by molar-refractivity contribution is 5.66. The smallest absolute Gasteiger partial charge is 0.303 e. The van der Waals surface area contributed by atoms with Crippen LogP contribution >= 0.6 is 0 Å². The van der Waals surface area contributed by atoms with Gasteiger partial charge in [0, 0.05) is 6.42 Å². The summed E-state index contributed by atoms with van der Waals surface area (Å²) in [6, 6.07) is 0.